The first-order chi connectivity index (χ1) is 13.2. The molecule has 2 aromatic rings. The van der Waals surface area contributed by atoms with Crippen molar-refractivity contribution in [3.05, 3.63) is 47.3 Å². The highest BCUT2D eigenvalue weighted by molar-refractivity contribution is 5.81. The molecule has 3 unspecified atom stereocenters. The number of aromatic nitrogens is 3. The smallest absolute Gasteiger partial charge is 0.191 e. The minimum Gasteiger partial charge on any atom is -0.353 e. The molecule has 1 aliphatic heterocycles. The molecule has 0 amide bonds. The number of fused-ring (bicyclic) bond motifs is 1. The molecule has 0 radical (unpaired) electrons. The van der Waals surface area contributed by atoms with E-state index in [1.54, 1.807) is 6.07 Å². The van der Waals surface area contributed by atoms with Crippen LogP contribution in [0.5, 0.6) is 0 Å². The van der Waals surface area contributed by atoms with Crippen LogP contribution in [0.3, 0.4) is 0 Å². The van der Waals surface area contributed by atoms with Crippen LogP contribution in [0, 0.1) is 5.82 Å². The summed E-state index contributed by atoms with van der Waals surface area (Å²) >= 11 is 0. The van der Waals surface area contributed by atoms with Crippen molar-refractivity contribution in [3.63, 3.8) is 0 Å². The molecule has 2 heterocycles. The predicted octanol–water partition coefficient (Wildman–Crippen LogP) is 2.41. The first-order valence-corrected chi connectivity index (χ1v) is 9.92. The molecule has 1 fully saturated rings. The highest BCUT2D eigenvalue weighted by Gasteiger charge is 2.40. The second-order valence-electron chi connectivity index (χ2n) is 7.30. The molecule has 2 aliphatic rings. The lowest BCUT2D eigenvalue weighted by molar-refractivity contribution is 0.391. The van der Waals surface area contributed by atoms with Crippen LogP contribution >= 0.6 is 0 Å². The quantitative estimate of drug-likeness (QED) is 0.627. The van der Waals surface area contributed by atoms with Gasteiger partial charge >= 0.3 is 0 Å². The molecule has 1 saturated carbocycles. The van der Waals surface area contributed by atoms with Gasteiger partial charge in [-0.25, -0.2) is 14.1 Å². The maximum absolute atomic E-state index is 14.0. The Balaban J connectivity index is 1.37. The minimum atomic E-state index is -0.119. The van der Waals surface area contributed by atoms with Crippen molar-refractivity contribution in [2.75, 3.05) is 6.54 Å². The Kier molecular flexibility index (Phi) is 5.09. The van der Waals surface area contributed by atoms with Crippen LogP contribution in [-0.4, -0.2) is 39.4 Å². The summed E-state index contributed by atoms with van der Waals surface area (Å²) in [7, 11) is 0. The minimum absolute atomic E-state index is 0.119. The predicted molar refractivity (Wildman–Crippen MR) is 103 cm³/mol. The second-order valence-corrected chi connectivity index (χ2v) is 7.30. The van der Waals surface area contributed by atoms with Gasteiger partial charge in [-0.15, -0.1) is 0 Å². The van der Waals surface area contributed by atoms with E-state index in [0.717, 1.165) is 55.4 Å². The highest BCUT2D eigenvalue weighted by atomic mass is 19.1. The summed E-state index contributed by atoms with van der Waals surface area (Å²) in [5.74, 6) is 2.90. The number of aryl methyl sites for hydroxylation is 2. The normalized spacial score (nSPS) is 24.4. The summed E-state index contributed by atoms with van der Waals surface area (Å²) in [5.41, 5.74) is 0.794. The van der Waals surface area contributed by atoms with Gasteiger partial charge in [0.05, 0.1) is 6.54 Å². The van der Waals surface area contributed by atoms with Gasteiger partial charge in [0, 0.05) is 37.4 Å². The van der Waals surface area contributed by atoms with E-state index < -0.39 is 0 Å². The molecule has 27 heavy (non-hydrogen) atoms. The topological polar surface area (TPSA) is 67.1 Å². The molecule has 7 heteroatoms. The highest BCUT2D eigenvalue weighted by Crippen LogP contribution is 2.41. The number of hydrogen-bond donors (Lipinski definition) is 2. The molecular weight excluding hydrogens is 343 g/mol. The van der Waals surface area contributed by atoms with E-state index in [1.165, 1.54) is 6.07 Å². The van der Waals surface area contributed by atoms with E-state index in [4.69, 9.17) is 0 Å². The Morgan fingerprint density at radius 1 is 1.30 bits per heavy atom. The van der Waals surface area contributed by atoms with E-state index >= 15 is 0 Å². The van der Waals surface area contributed by atoms with Crippen LogP contribution in [0.1, 0.15) is 49.8 Å². The standard InChI is InChI=1S/C20H27FN6/c1-3-18-25-19-10-9-13(12-27(19)26-18)23-20(22-4-2)24-17-11-15(17)14-7-5-6-8-16(14)21/h5-8,13,15,17H,3-4,9-12H2,1-2H3,(H2,22,23,24). The van der Waals surface area contributed by atoms with Gasteiger partial charge in [0.1, 0.15) is 11.6 Å². The van der Waals surface area contributed by atoms with Gasteiger partial charge in [-0.2, -0.15) is 5.10 Å². The summed E-state index contributed by atoms with van der Waals surface area (Å²) in [4.78, 5) is 9.15. The first kappa shape index (κ1) is 17.9. The monoisotopic (exact) mass is 370 g/mol. The van der Waals surface area contributed by atoms with Crippen molar-refractivity contribution in [1.29, 1.82) is 0 Å². The molecule has 0 bridgehead atoms. The third-order valence-corrected chi connectivity index (χ3v) is 5.29. The van der Waals surface area contributed by atoms with Gasteiger partial charge in [-0.1, -0.05) is 25.1 Å². The van der Waals surface area contributed by atoms with Gasteiger partial charge < -0.3 is 10.6 Å². The lowest BCUT2D eigenvalue weighted by atomic mass is 10.1. The number of rotatable bonds is 5. The maximum Gasteiger partial charge on any atom is 0.191 e. The molecule has 1 aliphatic carbocycles. The fourth-order valence-corrected chi connectivity index (χ4v) is 3.76. The third kappa shape index (κ3) is 3.96. The lowest BCUT2D eigenvalue weighted by Crippen LogP contribution is -2.48. The summed E-state index contributed by atoms with van der Waals surface area (Å²) in [6, 6.07) is 7.55. The van der Waals surface area contributed by atoms with Gasteiger partial charge in [-0.05, 0) is 31.4 Å². The van der Waals surface area contributed by atoms with E-state index in [1.807, 2.05) is 23.7 Å². The van der Waals surface area contributed by atoms with E-state index in [2.05, 4.69) is 32.6 Å². The Morgan fingerprint density at radius 3 is 2.93 bits per heavy atom. The van der Waals surface area contributed by atoms with Gasteiger partial charge in [0.2, 0.25) is 0 Å². The number of halogens is 1. The van der Waals surface area contributed by atoms with Crippen molar-refractivity contribution < 1.29 is 4.39 Å². The molecular formula is C20H27FN6. The maximum atomic E-state index is 14.0. The summed E-state index contributed by atoms with van der Waals surface area (Å²) in [6.07, 6.45) is 3.73. The molecule has 144 valence electrons. The Morgan fingerprint density at radius 2 is 2.15 bits per heavy atom. The molecule has 4 rings (SSSR count). The van der Waals surface area contributed by atoms with E-state index in [9.17, 15) is 4.39 Å². The van der Waals surface area contributed by atoms with Crippen LogP contribution in [0.25, 0.3) is 0 Å². The van der Waals surface area contributed by atoms with Crippen LogP contribution in [0.2, 0.25) is 0 Å². The molecule has 1 aromatic heterocycles. The molecule has 1 aromatic carbocycles. The van der Waals surface area contributed by atoms with Crippen LogP contribution in [0.4, 0.5) is 4.39 Å². The number of aliphatic imine (C=N–C) groups is 1. The Bertz CT molecular complexity index is 830. The second kappa shape index (κ2) is 7.66. The fraction of sp³-hybridized carbons (Fsp3) is 0.550. The summed E-state index contributed by atoms with van der Waals surface area (Å²) < 4.78 is 16.0. The number of nitrogens with zero attached hydrogens (tertiary/aromatic N) is 4. The average molecular weight is 370 g/mol. The van der Waals surface area contributed by atoms with Crippen LogP contribution in [0.15, 0.2) is 29.3 Å². The Hall–Kier alpha value is -2.44. The van der Waals surface area contributed by atoms with Crippen molar-refractivity contribution in [2.24, 2.45) is 4.99 Å². The number of hydrogen-bond acceptors (Lipinski definition) is 3. The zero-order valence-electron chi connectivity index (χ0n) is 16.0. The van der Waals surface area contributed by atoms with Gasteiger partial charge in [-0.3, -0.25) is 4.99 Å². The lowest BCUT2D eigenvalue weighted by Gasteiger charge is -2.25. The van der Waals surface area contributed by atoms with E-state index in [0.29, 0.717) is 6.54 Å². The van der Waals surface area contributed by atoms with Crippen LogP contribution < -0.4 is 10.6 Å². The van der Waals surface area contributed by atoms with Crippen molar-refractivity contribution in [1.82, 2.24) is 25.4 Å². The SMILES string of the molecule is CCN=C(NC1CCc2nc(CC)nn2C1)NC1CC1c1ccccc1F. The summed E-state index contributed by atoms with van der Waals surface area (Å²) in [6.45, 7) is 5.60. The van der Waals surface area contributed by atoms with E-state index in [-0.39, 0.29) is 23.8 Å². The first-order valence-electron chi connectivity index (χ1n) is 9.92. The molecule has 3 atom stereocenters. The van der Waals surface area contributed by atoms with Gasteiger partial charge in [0.15, 0.2) is 11.8 Å². The van der Waals surface area contributed by atoms with Crippen LogP contribution in [-0.2, 0) is 19.4 Å². The Labute approximate surface area is 159 Å². The fourth-order valence-electron chi connectivity index (χ4n) is 3.76. The largest absolute Gasteiger partial charge is 0.353 e. The van der Waals surface area contributed by atoms with Crippen molar-refractivity contribution >= 4 is 5.96 Å². The van der Waals surface area contributed by atoms with Crippen molar-refractivity contribution in [2.45, 2.75) is 64.1 Å². The third-order valence-electron chi connectivity index (χ3n) is 5.29. The molecule has 0 spiro atoms. The van der Waals surface area contributed by atoms with Gasteiger partial charge in [0.25, 0.3) is 0 Å². The number of guanidine groups is 1. The average Bonchev–Trinajstić information content (AvgIpc) is 3.29. The zero-order valence-corrected chi connectivity index (χ0v) is 16.0. The summed E-state index contributed by atoms with van der Waals surface area (Å²) in [5, 5.41) is 11.6. The molecule has 0 saturated heterocycles. The number of nitrogens with one attached hydrogen (secondary N) is 2. The zero-order chi connectivity index (χ0) is 18.8. The molecule has 2 N–H and O–H groups in total. The van der Waals surface area contributed by atoms with Crippen molar-refractivity contribution in [3.8, 4) is 0 Å². The number of benzene rings is 1. The molecule has 6 nitrogen and oxygen atoms in total.